The van der Waals surface area contributed by atoms with Crippen molar-refractivity contribution in [1.82, 2.24) is 0 Å². The minimum Gasteiger partial charge on any atom is -0.462 e. The standard InChI is InChI=1S/C25H40N2O3/c1-17-7-6-10-24(2)15-20-21(22-25(17,24)30-22)19(23(28)29-20)16-26-11-13-27(14-12-26)18-8-4-3-5-9-18/h17-22H,3-16H2,1-2H3/p+2/t17-,19+,20+,21+,22+,24+,25+/m0/s1. The molecule has 0 bridgehead atoms. The molecule has 6 aliphatic rings. The smallest absolute Gasteiger partial charge is 0.315 e. The van der Waals surface area contributed by atoms with Gasteiger partial charge in [0, 0.05) is 11.3 Å². The highest BCUT2D eigenvalue weighted by molar-refractivity contribution is 5.76. The van der Waals surface area contributed by atoms with Crippen molar-refractivity contribution in [3.63, 3.8) is 0 Å². The molecule has 3 saturated heterocycles. The van der Waals surface area contributed by atoms with E-state index in [1.165, 1.54) is 77.5 Å². The minimum atomic E-state index is 0.0395. The maximum Gasteiger partial charge on any atom is 0.315 e. The third-order valence-electron chi connectivity index (χ3n) is 10.5. The van der Waals surface area contributed by atoms with Crippen molar-refractivity contribution < 1.29 is 24.1 Å². The molecule has 6 rings (SSSR count). The Morgan fingerprint density at radius 3 is 2.57 bits per heavy atom. The zero-order valence-corrected chi connectivity index (χ0v) is 19.1. The van der Waals surface area contributed by atoms with Gasteiger partial charge in [-0.2, -0.15) is 0 Å². The van der Waals surface area contributed by atoms with Crippen LogP contribution in [0.25, 0.3) is 0 Å². The molecule has 7 atom stereocenters. The first-order chi connectivity index (χ1) is 14.5. The number of epoxide rings is 1. The van der Waals surface area contributed by atoms with E-state index in [0.29, 0.717) is 11.8 Å². The Morgan fingerprint density at radius 1 is 1.03 bits per heavy atom. The molecule has 6 fully saturated rings. The predicted octanol–water partition coefficient (Wildman–Crippen LogP) is 0.628. The quantitative estimate of drug-likeness (QED) is 0.522. The number of rotatable bonds is 3. The van der Waals surface area contributed by atoms with Crippen molar-refractivity contribution in [3.8, 4) is 0 Å². The molecule has 3 aliphatic heterocycles. The molecule has 0 aromatic rings. The molecule has 0 aromatic heterocycles. The number of fused-ring (bicyclic) bond motifs is 2. The molecule has 0 radical (unpaired) electrons. The molecule has 0 unspecified atom stereocenters. The van der Waals surface area contributed by atoms with E-state index in [-0.39, 0.29) is 35.1 Å². The van der Waals surface area contributed by atoms with Crippen molar-refractivity contribution in [3.05, 3.63) is 0 Å². The second-order valence-electron chi connectivity index (χ2n) is 12.0. The third kappa shape index (κ3) is 2.87. The van der Waals surface area contributed by atoms with Gasteiger partial charge in [0.1, 0.15) is 43.8 Å². The highest BCUT2D eigenvalue weighted by Gasteiger charge is 2.78. The molecule has 3 aliphatic carbocycles. The Morgan fingerprint density at radius 2 is 1.80 bits per heavy atom. The number of esters is 1. The van der Waals surface area contributed by atoms with Crippen LogP contribution in [0.1, 0.15) is 71.6 Å². The van der Waals surface area contributed by atoms with Crippen LogP contribution >= 0.6 is 0 Å². The van der Waals surface area contributed by atoms with E-state index in [1.54, 1.807) is 4.90 Å². The molecule has 5 heteroatoms. The summed E-state index contributed by atoms with van der Waals surface area (Å²) in [7, 11) is 0. The molecule has 3 saturated carbocycles. The largest absolute Gasteiger partial charge is 0.462 e. The summed E-state index contributed by atoms with van der Waals surface area (Å²) >= 11 is 0. The number of nitrogens with one attached hydrogen (secondary N) is 2. The summed E-state index contributed by atoms with van der Waals surface area (Å²) < 4.78 is 12.7. The lowest BCUT2D eigenvalue weighted by Crippen LogP contribution is -3.30. The first-order valence-corrected chi connectivity index (χ1v) is 13.1. The van der Waals surface area contributed by atoms with Crippen LogP contribution in [0.4, 0.5) is 0 Å². The number of hydrogen-bond donors (Lipinski definition) is 2. The van der Waals surface area contributed by atoms with E-state index < -0.39 is 0 Å². The van der Waals surface area contributed by atoms with Gasteiger partial charge >= 0.3 is 5.97 Å². The SMILES string of the molecule is C[C@H]1CCC[C@]2(C)C[C@H]3OC(=O)[C@H](C[NH+]4CC[NH+](C5CCCCC5)CC4)[C@H]3[C@H]3O[C@@]312. The molecule has 1 spiro atoms. The Balaban J connectivity index is 1.12. The van der Waals surface area contributed by atoms with Crippen LogP contribution < -0.4 is 9.80 Å². The van der Waals surface area contributed by atoms with Crippen LogP contribution in [0.2, 0.25) is 0 Å². The average molecular weight is 419 g/mol. The Hall–Kier alpha value is -0.650. The van der Waals surface area contributed by atoms with Crippen LogP contribution in [0, 0.1) is 23.2 Å². The van der Waals surface area contributed by atoms with Crippen LogP contribution in [-0.4, -0.2) is 62.5 Å². The minimum absolute atomic E-state index is 0.0395. The maximum absolute atomic E-state index is 13.0. The molecular weight excluding hydrogens is 376 g/mol. The Labute approximate surface area is 181 Å². The van der Waals surface area contributed by atoms with Crippen molar-refractivity contribution in [2.75, 3.05) is 32.7 Å². The summed E-state index contributed by atoms with van der Waals surface area (Å²) in [4.78, 5) is 16.5. The average Bonchev–Trinajstić information content (AvgIpc) is 3.44. The normalized spacial score (nSPS) is 53.4. The second-order valence-corrected chi connectivity index (χ2v) is 12.0. The molecular formula is C25H42N2O3+2. The number of ether oxygens (including phenoxy) is 2. The highest BCUT2D eigenvalue weighted by atomic mass is 16.6. The summed E-state index contributed by atoms with van der Waals surface area (Å²) in [5.41, 5.74) is 0.241. The molecule has 0 aromatic carbocycles. The number of carbonyl (C=O) groups excluding carboxylic acids is 1. The summed E-state index contributed by atoms with van der Waals surface area (Å²) in [6, 6.07) is 0.907. The van der Waals surface area contributed by atoms with Gasteiger partial charge in [-0.25, -0.2) is 0 Å². The van der Waals surface area contributed by atoms with Crippen molar-refractivity contribution in [1.29, 1.82) is 0 Å². The van der Waals surface area contributed by atoms with Crippen LogP contribution in [0.15, 0.2) is 0 Å². The fourth-order valence-electron chi connectivity index (χ4n) is 8.82. The summed E-state index contributed by atoms with van der Waals surface area (Å²) in [5, 5.41) is 0. The van der Waals surface area contributed by atoms with Crippen molar-refractivity contribution in [2.45, 2.75) is 95.5 Å². The van der Waals surface area contributed by atoms with Crippen molar-refractivity contribution in [2.24, 2.45) is 23.2 Å². The van der Waals surface area contributed by atoms with Crippen LogP contribution in [0.5, 0.6) is 0 Å². The third-order valence-corrected chi connectivity index (χ3v) is 10.5. The van der Waals surface area contributed by atoms with Gasteiger partial charge in [-0.05, 0) is 50.9 Å². The number of hydrogen-bond acceptors (Lipinski definition) is 3. The summed E-state index contributed by atoms with van der Waals surface area (Å²) in [5.74, 6) is 1.07. The maximum atomic E-state index is 13.0. The van der Waals surface area contributed by atoms with E-state index in [2.05, 4.69) is 13.8 Å². The van der Waals surface area contributed by atoms with E-state index in [0.717, 1.165) is 19.0 Å². The number of carbonyl (C=O) groups is 1. The molecule has 5 nitrogen and oxygen atoms in total. The van der Waals surface area contributed by atoms with Gasteiger partial charge in [0.25, 0.3) is 0 Å². The van der Waals surface area contributed by atoms with Crippen molar-refractivity contribution >= 4 is 5.97 Å². The molecule has 0 amide bonds. The second kappa shape index (κ2) is 7.18. The lowest BCUT2D eigenvalue weighted by molar-refractivity contribution is -1.02. The van der Waals surface area contributed by atoms with Crippen LogP contribution in [-0.2, 0) is 14.3 Å². The Kier molecular flexibility index (Phi) is 4.78. The van der Waals surface area contributed by atoms with Gasteiger partial charge < -0.3 is 19.3 Å². The topological polar surface area (TPSA) is 47.7 Å². The molecule has 168 valence electrons. The lowest BCUT2D eigenvalue weighted by Gasteiger charge is -2.48. The Bertz CT molecular complexity index is 686. The summed E-state index contributed by atoms with van der Waals surface area (Å²) in [6.07, 6.45) is 12.4. The monoisotopic (exact) mass is 418 g/mol. The van der Waals surface area contributed by atoms with E-state index in [1.807, 2.05) is 4.90 Å². The van der Waals surface area contributed by atoms with E-state index >= 15 is 0 Å². The lowest BCUT2D eigenvalue weighted by atomic mass is 9.53. The highest BCUT2D eigenvalue weighted by Crippen LogP contribution is 2.70. The first-order valence-electron chi connectivity index (χ1n) is 13.1. The molecule has 3 heterocycles. The van der Waals surface area contributed by atoms with E-state index in [4.69, 9.17) is 9.47 Å². The first kappa shape index (κ1) is 20.0. The zero-order chi connectivity index (χ0) is 20.5. The fraction of sp³-hybridized carbons (Fsp3) is 0.960. The summed E-state index contributed by atoms with van der Waals surface area (Å²) in [6.45, 7) is 10.8. The van der Waals surface area contributed by atoms with Gasteiger partial charge in [-0.3, -0.25) is 4.79 Å². The number of piperazine rings is 1. The van der Waals surface area contributed by atoms with Gasteiger partial charge in [0.05, 0.1) is 18.7 Å². The van der Waals surface area contributed by atoms with Gasteiger partial charge in [0.15, 0.2) is 0 Å². The molecule has 30 heavy (non-hydrogen) atoms. The number of quaternary nitrogens is 2. The van der Waals surface area contributed by atoms with Gasteiger partial charge in [-0.1, -0.05) is 26.7 Å². The fourth-order valence-corrected chi connectivity index (χ4v) is 8.82. The zero-order valence-electron chi connectivity index (χ0n) is 19.1. The molecule has 2 N–H and O–H groups in total. The van der Waals surface area contributed by atoms with Gasteiger partial charge in [-0.15, -0.1) is 0 Å². The van der Waals surface area contributed by atoms with E-state index in [9.17, 15) is 4.79 Å². The van der Waals surface area contributed by atoms with Crippen LogP contribution in [0.3, 0.4) is 0 Å². The van der Waals surface area contributed by atoms with Gasteiger partial charge in [0.2, 0.25) is 0 Å². The predicted molar refractivity (Wildman–Crippen MR) is 113 cm³/mol.